The standard InChI is InChI=1S/C21H25BrN2O3S2/c1-6-17(28-8-3)29-11-16-19(21(25)26-7-2)18-13-10-23(4)12-27-20(13)14(22)9-15(18)24(16)5/h6,8-9H,3,7,10-12H2,1-2,4-5H3/b17-6+. The number of aromatic nitrogens is 1. The van der Waals surface area contributed by atoms with E-state index in [-0.39, 0.29) is 5.97 Å². The SMILES string of the molecule is C=CS/C(=C\C)SCc1c(C(=O)OCC)c2c3c(c(Br)cc2n1C)OCN(C)C3. The molecule has 0 amide bonds. The summed E-state index contributed by atoms with van der Waals surface area (Å²) in [6, 6.07) is 2.03. The molecule has 0 N–H and O–H groups in total. The van der Waals surface area contributed by atoms with Crippen LogP contribution in [0.1, 0.15) is 35.5 Å². The van der Waals surface area contributed by atoms with Gasteiger partial charge in [0.25, 0.3) is 0 Å². The van der Waals surface area contributed by atoms with Gasteiger partial charge in [-0.25, -0.2) is 4.79 Å². The summed E-state index contributed by atoms with van der Waals surface area (Å²) in [5, 5.41) is 2.74. The van der Waals surface area contributed by atoms with E-state index in [2.05, 4.69) is 38.1 Å². The van der Waals surface area contributed by atoms with Crippen molar-refractivity contribution in [1.29, 1.82) is 0 Å². The zero-order valence-electron chi connectivity index (χ0n) is 17.1. The highest BCUT2D eigenvalue weighted by atomic mass is 79.9. The molecule has 0 aliphatic carbocycles. The van der Waals surface area contributed by atoms with E-state index in [0.29, 0.717) is 31.2 Å². The van der Waals surface area contributed by atoms with Crippen LogP contribution in [0.2, 0.25) is 0 Å². The zero-order valence-corrected chi connectivity index (χ0v) is 20.3. The van der Waals surface area contributed by atoms with E-state index >= 15 is 0 Å². The topological polar surface area (TPSA) is 43.7 Å². The zero-order chi connectivity index (χ0) is 21.1. The molecule has 0 fully saturated rings. The molecule has 1 aliphatic rings. The number of fused-ring (bicyclic) bond motifs is 3. The van der Waals surface area contributed by atoms with Gasteiger partial charge in [-0.1, -0.05) is 24.4 Å². The lowest BCUT2D eigenvalue weighted by Gasteiger charge is -2.27. The molecule has 1 aliphatic heterocycles. The molecule has 1 aromatic carbocycles. The fourth-order valence-corrected chi connectivity index (χ4v) is 5.77. The highest BCUT2D eigenvalue weighted by molar-refractivity contribution is 9.10. The summed E-state index contributed by atoms with van der Waals surface area (Å²) in [4.78, 5) is 15.1. The van der Waals surface area contributed by atoms with Crippen LogP contribution in [0, 0.1) is 0 Å². The van der Waals surface area contributed by atoms with Gasteiger partial charge in [0.1, 0.15) is 12.5 Å². The molecule has 29 heavy (non-hydrogen) atoms. The number of hydrogen-bond acceptors (Lipinski definition) is 6. The Bertz CT molecular complexity index is 984. The van der Waals surface area contributed by atoms with E-state index < -0.39 is 0 Å². The Kier molecular flexibility index (Phi) is 7.42. The van der Waals surface area contributed by atoms with Crippen molar-refractivity contribution in [3.8, 4) is 5.75 Å². The highest BCUT2D eigenvalue weighted by Crippen LogP contribution is 2.43. The second-order valence-corrected chi connectivity index (χ2v) is 9.77. The summed E-state index contributed by atoms with van der Waals surface area (Å²) in [6.07, 6.45) is 2.06. The number of allylic oxidation sites excluding steroid dienone is 1. The second-order valence-electron chi connectivity index (χ2n) is 6.63. The van der Waals surface area contributed by atoms with E-state index in [1.54, 1.807) is 23.5 Å². The average molecular weight is 497 g/mol. The maximum absolute atomic E-state index is 13.0. The number of aryl methyl sites for hydroxylation is 1. The molecule has 0 radical (unpaired) electrons. The largest absolute Gasteiger partial charge is 0.477 e. The number of rotatable bonds is 7. The molecule has 0 bridgehead atoms. The predicted octanol–water partition coefficient (Wildman–Crippen LogP) is 5.87. The van der Waals surface area contributed by atoms with Crippen molar-refractivity contribution in [2.24, 2.45) is 7.05 Å². The summed E-state index contributed by atoms with van der Waals surface area (Å²) in [7, 11) is 4.01. The Morgan fingerprint density at radius 2 is 2.21 bits per heavy atom. The number of nitrogens with zero attached hydrogens (tertiary/aromatic N) is 2. The van der Waals surface area contributed by atoms with Crippen molar-refractivity contribution >= 4 is 56.3 Å². The van der Waals surface area contributed by atoms with Crippen LogP contribution in [-0.4, -0.2) is 35.8 Å². The quantitative estimate of drug-likeness (QED) is 0.446. The van der Waals surface area contributed by atoms with Crippen LogP contribution < -0.4 is 4.74 Å². The molecule has 156 valence electrons. The second kappa shape index (κ2) is 9.64. The molecule has 8 heteroatoms. The lowest BCUT2D eigenvalue weighted by atomic mass is 10.0. The summed E-state index contributed by atoms with van der Waals surface area (Å²) in [5.41, 5.74) is 3.59. The first-order valence-electron chi connectivity index (χ1n) is 9.30. The Labute approximate surface area is 188 Å². The van der Waals surface area contributed by atoms with Crippen LogP contribution in [0.25, 0.3) is 10.9 Å². The van der Waals surface area contributed by atoms with Gasteiger partial charge in [-0.3, -0.25) is 4.90 Å². The van der Waals surface area contributed by atoms with Crippen molar-refractivity contribution in [1.82, 2.24) is 9.47 Å². The predicted molar refractivity (Wildman–Crippen MR) is 126 cm³/mol. The molecular formula is C21H25BrN2O3S2. The number of halogens is 1. The van der Waals surface area contributed by atoms with E-state index in [9.17, 15) is 4.79 Å². The molecule has 3 rings (SSSR count). The van der Waals surface area contributed by atoms with Crippen molar-refractivity contribution < 1.29 is 14.3 Å². The van der Waals surface area contributed by atoms with E-state index in [1.165, 1.54) is 0 Å². The van der Waals surface area contributed by atoms with E-state index in [4.69, 9.17) is 9.47 Å². The van der Waals surface area contributed by atoms with Crippen LogP contribution >= 0.6 is 39.5 Å². The molecule has 5 nitrogen and oxygen atoms in total. The van der Waals surface area contributed by atoms with E-state index in [0.717, 1.165) is 36.6 Å². The maximum Gasteiger partial charge on any atom is 0.340 e. The third kappa shape index (κ3) is 4.40. The number of carbonyl (C=O) groups excluding carboxylic acids is 1. The lowest BCUT2D eigenvalue weighted by molar-refractivity contribution is 0.0527. The van der Waals surface area contributed by atoms with Gasteiger partial charge < -0.3 is 14.0 Å². The van der Waals surface area contributed by atoms with E-state index in [1.807, 2.05) is 39.4 Å². The number of benzene rings is 1. The fourth-order valence-electron chi connectivity index (χ4n) is 3.47. The summed E-state index contributed by atoms with van der Waals surface area (Å²) < 4.78 is 15.6. The average Bonchev–Trinajstić information content (AvgIpc) is 2.97. The number of esters is 1. The summed E-state index contributed by atoms with van der Waals surface area (Å²) >= 11 is 6.93. The van der Waals surface area contributed by atoms with Gasteiger partial charge in [0.05, 0.1) is 22.2 Å². The normalized spacial score (nSPS) is 14.6. The van der Waals surface area contributed by atoms with Crippen molar-refractivity contribution in [2.45, 2.75) is 26.1 Å². The van der Waals surface area contributed by atoms with Gasteiger partial charge in [-0.15, -0.1) is 11.8 Å². The minimum Gasteiger partial charge on any atom is -0.477 e. The van der Waals surface area contributed by atoms with Crippen molar-refractivity contribution in [2.75, 3.05) is 20.4 Å². The fraction of sp³-hybridized carbons (Fsp3) is 0.381. The first kappa shape index (κ1) is 22.3. The molecule has 2 heterocycles. The maximum atomic E-state index is 13.0. The molecule has 0 atom stereocenters. The molecule has 0 saturated carbocycles. The Hall–Kier alpha value is -1.35. The van der Waals surface area contributed by atoms with Gasteiger partial charge >= 0.3 is 5.97 Å². The summed E-state index contributed by atoms with van der Waals surface area (Å²) in [6.45, 7) is 9.20. The number of thioether (sulfide) groups is 2. The summed E-state index contributed by atoms with van der Waals surface area (Å²) in [5.74, 6) is 1.18. The Morgan fingerprint density at radius 3 is 2.86 bits per heavy atom. The number of hydrogen-bond donors (Lipinski definition) is 0. The molecule has 0 unspecified atom stereocenters. The smallest absolute Gasteiger partial charge is 0.340 e. The lowest BCUT2D eigenvalue weighted by Crippen LogP contribution is -2.28. The molecule has 0 spiro atoms. The highest BCUT2D eigenvalue weighted by Gasteiger charge is 2.29. The Balaban J connectivity index is 2.21. The number of ether oxygens (including phenoxy) is 2. The van der Waals surface area contributed by atoms with Gasteiger partial charge in [0, 0.05) is 40.2 Å². The Morgan fingerprint density at radius 1 is 1.45 bits per heavy atom. The van der Waals surface area contributed by atoms with Crippen molar-refractivity contribution in [3.63, 3.8) is 0 Å². The van der Waals surface area contributed by atoms with Gasteiger partial charge in [0.15, 0.2) is 0 Å². The van der Waals surface area contributed by atoms with Crippen LogP contribution in [0.5, 0.6) is 5.75 Å². The first-order valence-corrected chi connectivity index (χ1v) is 12.0. The molecule has 1 aromatic heterocycles. The van der Waals surface area contributed by atoms with Gasteiger partial charge in [-0.05, 0) is 48.3 Å². The third-order valence-corrected chi connectivity index (χ3v) is 7.54. The van der Waals surface area contributed by atoms with Crippen LogP contribution in [0.3, 0.4) is 0 Å². The molecular weight excluding hydrogens is 472 g/mol. The van der Waals surface area contributed by atoms with Crippen LogP contribution in [0.15, 0.2) is 32.8 Å². The van der Waals surface area contributed by atoms with Gasteiger partial charge in [0.2, 0.25) is 0 Å². The van der Waals surface area contributed by atoms with Gasteiger partial charge in [-0.2, -0.15) is 0 Å². The molecule has 2 aromatic rings. The number of carbonyl (C=O) groups is 1. The first-order chi connectivity index (χ1) is 13.9. The monoisotopic (exact) mass is 496 g/mol. The third-order valence-electron chi connectivity index (χ3n) is 4.74. The van der Waals surface area contributed by atoms with Crippen LogP contribution in [-0.2, 0) is 24.1 Å². The minimum absolute atomic E-state index is 0.287. The van der Waals surface area contributed by atoms with Crippen LogP contribution in [0.4, 0.5) is 0 Å². The molecule has 0 saturated heterocycles. The minimum atomic E-state index is -0.287. The van der Waals surface area contributed by atoms with Crippen molar-refractivity contribution in [3.05, 3.63) is 49.7 Å².